The summed E-state index contributed by atoms with van der Waals surface area (Å²) in [5.41, 5.74) is 7.78. The Morgan fingerprint density at radius 3 is 2.70 bits per heavy atom. The first-order valence-corrected chi connectivity index (χ1v) is 6.49. The van der Waals surface area contributed by atoms with E-state index in [0.717, 1.165) is 11.3 Å². The van der Waals surface area contributed by atoms with Gasteiger partial charge in [-0.05, 0) is 36.8 Å². The molecular formula is C16H18N2O2. The molecule has 0 aliphatic rings. The van der Waals surface area contributed by atoms with E-state index in [2.05, 4.69) is 5.32 Å². The number of benzene rings is 2. The number of para-hydroxylation sites is 1. The van der Waals surface area contributed by atoms with E-state index < -0.39 is 0 Å². The predicted octanol–water partition coefficient (Wildman–Crippen LogP) is 2.39. The molecular weight excluding hydrogens is 252 g/mol. The van der Waals surface area contributed by atoms with Crippen LogP contribution in [0.25, 0.3) is 0 Å². The van der Waals surface area contributed by atoms with E-state index in [0.29, 0.717) is 24.4 Å². The van der Waals surface area contributed by atoms with Gasteiger partial charge in [0.2, 0.25) is 0 Å². The molecule has 2 aromatic carbocycles. The molecule has 3 N–H and O–H groups in total. The lowest BCUT2D eigenvalue weighted by Crippen LogP contribution is -2.28. The van der Waals surface area contributed by atoms with Crippen LogP contribution in [0.5, 0.6) is 5.75 Å². The fourth-order valence-corrected chi connectivity index (χ4v) is 1.83. The zero-order valence-corrected chi connectivity index (χ0v) is 11.4. The maximum absolute atomic E-state index is 12.0. The van der Waals surface area contributed by atoms with Crippen LogP contribution in [0.2, 0.25) is 0 Å². The van der Waals surface area contributed by atoms with Crippen molar-refractivity contribution in [3.63, 3.8) is 0 Å². The van der Waals surface area contributed by atoms with E-state index in [1.54, 1.807) is 12.1 Å². The van der Waals surface area contributed by atoms with E-state index in [1.165, 1.54) is 0 Å². The highest BCUT2D eigenvalue weighted by molar-refractivity contribution is 5.96. The Bertz CT molecular complexity index is 582. The summed E-state index contributed by atoms with van der Waals surface area (Å²) in [7, 11) is 0. The molecule has 0 bridgehead atoms. The lowest BCUT2D eigenvalue weighted by Gasteiger charge is -2.09. The van der Waals surface area contributed by atoms with Gasteiger partial charge in [-0.15, -0.1) is 0 Å². The topological polar surface area (TPSA) is 64.4 Å². The van der Waals surface area contributed by atoms with Crippen molar-refractivity contribution in [2.45, 2.75) is 6.92 Å². The summed E-state index contributed by atoms with van der Waals surface area (Å²) in [6, 6.07) is 14.8. The molecule has 2 aromatic rings. The normalized spacial score (nSPS) is 10.1. The second-order valence-corrected chi connectivity index (χ2v) is 4.49. The first-order chi connectivity index (χ1) is 9.66. The van der Waals surface area contributed by atoms with Gasteiger partial charge in [-0.1, -0.05) is 24.3 Å². The van der Waals surface area contributed by atoms with Gasteiger partial charge >= 0.3 is 0 Å². The molecule has 0 spiro atoms. The minimum absolute atomic E-state index is 0.133. The molecule has 0 fully saturated rings. The van der Waals surface area contributed by atoms with Gasteiger partial charge in [0.05, 0.1) is 6.54 Å². The predicted molar refractivity (Wildman–Crippen MR) is 79.9 cm³/mol. The highest BCUT2D eigenvalue weighted by Gasteiger charge is 2.08. The SMILES string of the molecule is Cc1ccc(N)cc1C(=O)NCCOc1ccccc1. The molecule has 0 radical (unpaired) electrons. The molecule has 1 amide bonds. The van der Waals surface area contributed by atoms with Crippen LogP contribution < -0.4 is 15.8 Å². The molecule has 104 valence electrons. The van der Waals surface area contributed by atoms with Crippen LogP contribution in [0.4, 0.5) is 5.69 Å². The number of ether oxygens (including phenoxy) is 1. The number of aryl methyl sites for hydroxylation is 1. The monoisotopic (exact) mass is 270 g/mol. The van der Waals surface area contributed by atoms with Gasteiger partial charge in [0.1, 0.15) is 12.4 Å². The highest BCUT2D eigenvalue weighted by atomic mass is 16.5. The Labute approximate surface area is 118 Å². The zero-order chi connectivity index (χ0) is 14.4. The first-order valence-electron chi connectivity index (χ1n) is 6.49. The minimum Gasteiger partial charge on any atom is -0.492 e. The van der Waals surface area contributed by atoms with Crippen LogP contribution in [0.3, 0.4) is 0 Å². The smallest absolute Gasteiger partial charge is 0.251 e. The molecule has 0 heterocycles. The second-order valence-electron chi connectivity index (χ2n) is 4.49. The Balaban J connectivity index is 1.82. The quantitative estimate of drug-likeness (QED) is 0.647. The Hall–Kier alpha value is -2.49. The number of nitrogen functional groups attached to an aromatic ring is 1. The number of hydrogen-bond donors (Lipinski definition) is 2. The van der Waals surface area contributed by atoms with Crippen LogP contribution in [0.1, 0.15) is 15.9 Å². The molecule has 0 saturated carbocycles. The fraction of sp³-hybridized carbons (Fsp3) is 0.188. The maximum atomic E-state index is 12.0. The van der Waals surface area contributed by atoms with E-state index >= 15 is 0 Å². The van der Waals surface area contributed by atoms with Crippen molar-refractivity contribution in [3.05, 3.63) is 59.7 Å². The van der Waals surface area contributed by atoms with E-state index in [4.69, 9.17) is 10.5 Å². The average Bonchev–Trinajstić information content (AvgIpc) is 2.47. The van der Waals surface area contributed by atoms with Gasteiger partial charge in [0.25, 0.3) is 5.91 Å². The molecule has 0 aliphatic carbocycles. The summed E-state index contributed by atoms with van der Waals surface area (Å²) in [4.78, 5) is 12.0. The highest BCUT2D eigenvalue weighted by Crippen LogP contribution is 2.12. The second kappa shape index (κ2) is 6.61. The third-order valence-corrected chi connectivity index (χ3v) is 2.91. The van der Waals surface area contributed by atoms with Crippen molar-refractivity contribution in [1.29, 1.82) is 0 Å². The lowest BCUT2D eigenvalue weighted by atomic mass is 10.1. The fourth-order valence-electron chi connectivity index (χ4n) is 1.83. The largest absolute Gasteiger partial charge is 0.492 e. The van der Waals surface area contributed by atoms with Gasteiger partial charge in [-0.3, -0.25) is 4.79 Å². The molecule has 0 aliphatic heterocycles. The summed E-state index contributed by atoms with van der Waals surface area (Å²) in [6.07, 6.45) is 0. The number of amides is 1. The zero-order valence-electron chi connectivity index (χ0n) is 11.4. The summed E-state index contributed by atoms with van der Waals surface area (Å²) >= 11 is 0. The number of carbonyl (C=O) groups is 1. The number of hydrogen-bond acceptors (Lipinski definition) is 3. The van der Waals surface area contributed by atoms with Crippen LogP contribution in [-0.2, 0) is 0 Å². The van der Waals surface area contributed by atoms with Gasteiger partial charge in [0.15, 0.2) is 0 Å². The Kier molecular flexibility index (Phi) is 4.60. The van der Waals surface area contributed by atoms with E-state index in [9.17, 15) is 4.79 Å². The molecule has 0 unspecified atom stereocenters. The van der Waals surface area contributed by atoms with Gasteiger partial charge in [-0.25, -0.2) is 0 Å². The van der Waals surface area contributed by atoms with Crippen LogP contribution in [0.15, 0.2) is 48.5 Å². The Morgan fingerprint density at radius 1 is 1.20 bits per heavy atom. The molecule has 4 heteroatoms. The molecule has 20 heavy (non-hydrogen) atoms. The van der Waals surface area contributed by atoms with Gasteiger partial charge in [-0.2, -0.15) is 0 Å². The standard InChI is InChI=1S/C16H18N2O2/c1-12-7-8-13(17)11-15(12)16(19)18-9-10-20-14-5-3-2-4-6-14/h2-8,11H,9-10,17H2,1H3,(H,18,19). The summed E-state index contributed by atoms with van der Waals surface area (Å²) in [6.45, 7) is 2.76. The number of rotatable bonds is 5. The van der Waals surface area contributed by atoms with E-state index in [1.807, 2.05) is 43.3 Å². The number of nitrogens with two attached hydrogens (primary N) is 1. The van der Waals surface area contributed by atoms with Crippen molar-refractivity contribution in [2.75, 3.05) is 18.9 Å². The van der Waals surface area contributed by atoms with Crippen LogP contribution in [-0.4, -0.2) is 19.1 Å². The first kappa shape index (κ1) is 13.9. The van der Waals surface area contributed by atoms with Crippen molar-refractivity contribution < 1.29 is 9.53 Å². The van der Waals surface area contributed by atoms with Crippen molar-refractivity contribution in [2.24, 2.45) is 0 Å². The lowest BCUT2D eigenvalue weighted by molar-refractivity contribution is 0.0946. The van der Waals surface area contributed by atoms with E-state index in [-0.39, 0.29) is 5.91 Å². The summed E-state index contributed by atoms with van der Waals surface area (Å²) < 4.78 is 5.51. The average molecular weight is 270 g/mol. The maximum Gasteiger partial charge on any atom is 0.251 e. The van der Waals surface area contributed by atoms with Crippen molar-refractivity contribution in [3.8, 4) is 5.75 Å². The molecule has 4 nitrogen and oxygen atoms in total. The molecule has 0 aromatic heterocycles. The number of anilines is 1. The summed E-state index contributed by atoms with van der Waals surface area (Å²) in [5.74, 6) is 0.661. The molecule has 0 atom stereocenters. The van der Waals surface area contributed by atoms with Gasteiger partial charge in [0, 0.05) is 11.3 Å². The van der Waals surface area contributed by atoms with Crippen LogP contribution >= 0.6 is 0 Å². The Morgan fingerprint density at radius 2 is 1.95 bits per heavy atom. The molecule has 0 saturated heterocycles. The van der Waals surface area contributed by atoms with Crippen LogP contribution in [0, 0.1) is 6.92 Å². The number of carbonyl (C=O) groups excluding carboxylic acids is 1. The van der Waals surface area contributed by atoms with Crippen molar-refractivity contribution in [1.82, 2.24) is 5.32 Å². The number of nitrogens with one attached hydrogen (secondary N) is 1. The van der Waals surface area contributed by atoms with Gasteiger partial charge < -0.3 is 15.8 Å². The minimum atomic E-state index is -0.133. The summed E-state index contributed by atoms with van der Waals surface area (Å²) in [5, 5.41) is 2.82. The molecule has 2 rings (SSSR count). The third-order valence-electron chi connectivity index (χ3n) is 2.91. The third kappa shape index (κ3) is 3.75. The van der Waals surface area contributed by atoms with Crippen molar-refractivity contribution >= 4 is 11.6 Å².